The number of rotatable bonds is 6. The van der Waals surface area contributed by atoms with Crippen LogP contribution in [0.25, 0.3) is 0 Å². The van der Waals surface area contributed by atoms with E-state index in [4.69, 9.17) is 23.2 Å². The largest absolute Gasteiger partial charge is 0.349 e. The monoisotopic (exact) mass is 453 g/mol. The molecule has 2 N–H and O–H groups in total. The number of halogens is 2. The topological polar surface area (TPSA) is 71.1 Å². The SMILES string of the molecule is CC(C)Cc1ccc(C(=O)NC2CCC(NC(=O)c3ncc(Cl)cc3Cl)CC2)s1. The number of nitrogens with zero attached hydrogens (tertiary/aromatic N) is 1. The van der Waals surface area contributed by atoms with Crippen molar-refractivity contribution >= 4 is 46.4 Å². The van der Waals surface area contributed by atoms with E-state index >= 15 is 0 Å². The third kappa shape index (κ3) is 6.17. The third-order valence-corrected chi connectivity index (χ3v) is 6.52. The van der Waals surface area contributed by atoms with Gasteiger partial charge in [0.1, 0.15) is 5.69 Å². The number of pyridine rings is 1. The fourth-order valence-electron chi connectivity index (χ4n) is 3.49. The highest BCUT2D eigenvalue weighted by molar-refractivity contribution is 7.14. The van der Waals surface area contributed by atoms with Gasteiger partial charge in [0.15, 0.2) is 0 Å². The van der Waals surface area contributed by atoms with Crippen molar-refractivity contribution in [2.24, 2.45) is 5.92 Å². The highest BCUT2D eigenvalue weighted by atomic mass is 35.5. The molecule has 0 saturated heterocycles. The Balaban J connectivity index is 1.47. The molecule has 0 aliphatic heterocycles. The van der Waals surface area contributed by atoms with Gasteiger partial charge in [-0.3, -0.25) is 9.59 Å². The van der Waals surface area contributed by atoms with E-state index in [0.717, 1.165) is 37.0 Å². The van der Waals surface area contributed by atoms with Gasteiger partial charge in [-0.05, 0) is 56.2 Å². The van der Waals surface area contributed by atoms with Crippen LogP contribution in [0.1, 0.15) is 64.6 Å². The van der Waals surface area contributed by atoms with Gasteiger partial charge in [0.05, 0.1) is 14.9 Å². The van der Waals surface area contributed by atoms with Gasteiger partial charge >= 0.3 is 0 Å². The molecule has 0 bridgehead atoms. The molecule has 2 aromatic heterocycles. The summed E-state index contributed by atoms with van der Waals surface area (Å²) in [7, 11) is 0. The lowest BCUT2D eigenvalue weighted by Crippen LogP contribution is -2.43. The van der Waals surface area contributed by atoms with Gasteiger partial charge < -0.3 is 10.6 Å². The van der Waals surface area contributed by atoms with Gasteiger partial charge in [-0.15, -0.1) is 11.3 Å². The van der Waals surface area contributed by atoms with E-state index in [1.165, 1.54) is 17.1 Å². The van der Waals surface area contributed by atoms with Crippen molar-refractivity contribution in [2.45, 2.75) is 58.0 Å². The molecule has 156 valence electrons. The van der Waals surface area contributed by atoms with E-state index in [0.29, 0.717) is 10.9 Å². The maximum absolute atomic E-state index is 12.5. The van der Waals surface area contributed by atoms with Crippen LogP contribution in [-0.4, -0.2) is 28.9 Å². The molecule has 0 radical (unpaired) electrons. The molecule has 0 unspecified atom stereocenters. The average molecular weight is 454 g/mol. The second-order valence-electron chi connectivity index (χ2n) is 7.84. The van der Waals surface area contributed by atoms with Crippen molar-refractivity contribution in [3.05, 3.63) is 49.9 Å². The fourth-order valence-corrected chi connectivity index (χ4v) is 5.07. The Kier molecular flexibility index (Phi) is 7.55. The second-order valence-corrected chi connectivity index (χ2v) is 9.86. The third-order valence-electron chi connectivity index (χ3n) is 4.92. The highest BCUT2D eigenvalue weighted by Gasteiger charge is 2.25. The Hall–Kier alpha value is -1.63. The minimum Gasteiger partial charge on any atom is -0.349 e. The lowest BCUT2D eigenvalue weighted by Gasteiger charge is -2.29. The maximum atomic E-state index is 12.5. The molecule has 3 rings (SSSR count). The number of carbonyl (C=O) groups is 2. The standard InChI is InChI=1S/C21H25Cl2N3O2S/c1-12(2)9-16-7-8-18(29-16)20(27)25-14-3-5-15(6-4-14)26-21(28)19-17(23)10-13(22)11-24-19/h7-8,10-12,14-15H,3-6,9H2,1-2H3,(H,25,27)(H,26,28). The van der Waals surface area contributed by atoms with Gasteiger partial charge in [0, 0.05) is 23.2 Å². The number of hydrogen-bond acceptors (Lipinski definition) is 4. The zero-order valence-electron chi connectivity index (χ0n) is 16.5. The minimum absolute atomic E-state index is 0.00497. The molecule has 8 heteroatoms. The molecule has 1 saturated carbocycles. The van der Waals surface area contributed by atoms with Crippen molar-refractivity contribution in [1.29, 1.82) is 0 Å². The van der Waals surface area contributed by atoms with Crippen molar-refractivity contribution in [3.63, 3.8) is 0 Å². The minimum atomic E-state index is -0.296. The van der Waals surface area contributed by atoms with E-state index < -0.39 is 0 Å². The lowest BCUT2D eigenvalue weighted by atomic mass is 9.91. The summed E-state index contributed by atoms with van der Waals surface area (Å²) < 4.78 is 0. The summed E-state index contributed by atoms with van der Waals surface area (Å²) in [6.45, 7) is 4.35. The Bertz CT molecular complexity index is 877. The Morgan fingerprint density at radius 3 is 2.31 bits per heavy atom. The van der Waals surface area contributed by atoms with Crippen LogP contribution in [0, 0.1) is 5.92 Å². The number of nitrogens with one attached hydrogen (secondary N) is 2. The maximum Gasteiger partial charge on any atom is 0.271 e. The van der Waals surface area contributed by atoms with Gasteiger partial charge in [0.2, 0.25) is 0 Å². The first-order valence-electron chi connectivity index (χ1n) is 9.83. The van der Waals surface area contributed by atoms with Gasteiger partial charge in [0.25, 0.3) is 11.8 Å². The number of hydrogen-bond donors (Lipinski definition) is 2. The molecule has 5 nitrogen and oxygen atoms in total. The van der Waals surface area contributed by atoms with Crippen molar-refractivity contribution in [2.75, 3.05) is 0 Å². The smallest absolute Gasteiger partial charge is 0.271 e. The zero-order valence-corrected chi connectivity index (χ0v) is 18.8. The van der Waals surface area contributed by atoms with Crippen LogP contribution >= 0.6 is 34.5 Å². The van der Waals surface area contributed by atoms with Crippen molar-refractivity contribution < 1.29 is 9.59 Å². The molecule has 0 atom stereocenters. The molecule has 29 heavy (non-hydrogen) atoms. The van der Waals surface area contributed by atoms with E-state index in [1.807, 2.05) is 12.1 Å². The molecule has 1 fully saturated rings. The number of amides is 2. The van der Waals surface area contributed by atoms with Crippen molar-refractivity contribution in [1.82, 2.24) is 15.6 Å². The molecule has 2 aromatic rings. The van der Waals surface area contributed by atoms with Crippen LogP contribution in [0.5, 0.6) is 0 Å². The zero-order chi connectivity index (χ0) is 21.0. The first-order chi connectivity index (χ1) is 13.8. The Morgan fingerprint density at radius 2 is 1.72 bits per heavy atom. The Labute approximate surface area is 185 Å². The second kappa shape index (κ2) is 9.92. The van der Waals surface area contributed by atoms with Crippen LogP contribution in [-0.2, 0) is 6.42 Å². The van der Waals surface area contributed by atoms with Gasteiger partial charge in [-0.1, -0.05) is 37.0 Å². The first kappa shape index (κ1) is 22.1. The summed E-state index contributed by atoms with van der Waals surface area (Å²) in [5.74, 6) is 0.276. The molecular formula is C21H25Cl2N3O2S. The van der Waals surface area contributed by atoms with Gasteiger partial charge in [-0.25, -0.2) is 4.98 Å². The van der Waals surface area contributed by atoms with E-state index in [1.54, 1.807) is 11.3 Å². The van der Waals surface area contributed by atoms with E-state index in [2.05, 4.69) is 29.5 Å². The molecule has 0 aromatic carbocycles. The molecule has 1 aliphatic carbocycles. The van der Waals surface area contributed by atoms with E-state index in [-0.39, 0.29) is 34.6 Å². The number of carbonyl (C=O) groups excluding carboxylic acids is 2. The summed E-state index contributed by atoms with van der Waals surface area (Å²) in [6, 6.07) is 5.63. The summed E-state index contributed by atoms with van der Waals surface area (Å²) in [5, 5.41) is 6.75. The Morgan fingerprint density at radius 1 is 1.10 bits per heavy atom. The predicted octanol–water partition coefficient (Wildman–Crippen LogP) is 5.12. The van der Waals surface area contributed by atoms with Gasteiger partial charge in [-0.2, -0.15) is 0 Å². The van der Waals surface area contributed by atoms with Crippen LogP contribution in [0.2, 0.25) is 10.0 Å². The summed E-state index contributed by atoms with van der Waals surface area (Å²) in [6.07, 6.45) is 5.64. The van der Waals surface area contributed by atoms with E-state index in [9.17, 15) is 9.59 Å². The first-order valence-corrected chi connectivity index (χ1v) is 11.4. The average Bonchev–Trinajstić information content (AvgIpc) is 3.11. The highest BCUT2D eigenvalue weighted by Crippen LogP contribution is 2.23. The number of thiophene rings is 1. The fraction of sp³-hybridized carbons (Fsp3) is 0.476. The molecule has 1 aliphatic rings. The quantitative estimate of drug-likeness (QED) is 0.637. The molecule has 2 heterocycles. The summed E-state index contributed by atoms with van der Waals surface area (Å²) in [5.41, 5.74) is 0.182. The van der Waals surface area contributed by atoms with Crippen LogP contribution in [0.15, 0.2) is 24.4 Å². The van der Waals surface area contributed by atoms with Crippen molar-refractivity contribution in [3.8, 4) is 0 Å². The molecule has 0 spiro atoms. The van der Waals surface area contributed by atoms with Crippen LogP contribution in [0.4, 0.5) is 0 Å². The normalized spacial score (nSPS) is 19.2. The summed E-state index contributed by atoms with van der Waals surface area (Å²) >= 11 is 13.5. The number of aromatic nitrogens is 1. The lowest BCUT2D eigenvalue weighted by molar-refractivity contribution is 0.0891. The molecular weight excluding hydrogens is 429 g/mol. The summed E-state index contributed by atoms with van der Waals surface area (Å²) in [4.78, 5) is 30.9. The van der Waals surface area contributed by atoms with Crippen LogP contribution in [0.3, 0.4) is 0 Å². The predicted molar refractivity (Wildman–Crippen MR) is 118 cm³/mol. The molecule has 2 amide bonds. The van der Waals surface area contributed by atoms with Crippen LogP contribution < -0.4 is 10.6 Å².